The molecule has 0 bridgehead atoms. The summed E-state index contributed by atoms with van der Waals surface area (Å²) in [6.07, 6.45) is 5.13. The largest absolute Gasteiger partial charge is 0.508 e. The first-order valence-corrected chi connectivity index (χ1v) is 7.97. The van der Waals surface area contributed by atoms with Crippen molar-refractivity contribution in [3.8, 4) is 11.5 Å². The maximum Gasteiger partial charge on any atom is 0.131 e. The first kappa shape index (κ1) is 13.6. The topological polar surface area (TPSA) is 29.5 Å². The van der Waals surface area contributed by atoms with Gasteiger partial charge in [0.15, 0.2) is 0 Å². The van der Waals surface area contributed by atoms with Gasteiger partial charge in [-0.25, -0.2) is 4.39 Å². The molecule has 2 atom stereocenters. The quantitative estimate of drug-likeness (QED) is 0.837. The van der Waals surface area contributed by atoms with Gasteiger partial charge in [0.2, 0.25) is 0 Å². The summed E-state index contributed by atoms with van der Waals surface area (Å²) in [5.41, 5.74) is 1.32. The van der Waals surface area contributed by atoms with E-state index in [1.807, 2.05) is 18.2 Å². The summed E-state index contributed by atoms with van der Waals surface area (Å²) >= 11 is 0. The van der Waals surface area contributed by atoms with E-state index in [0.29, 0.717) is 11.3 Å². The van der Waals surface area contributed by atoms with E-state index >= 15 is 0 Å². The number of hydrogen-bond donors (Lipinski definition) is 1. The van der Waals surface area contributed by atoms with Crippen LogP contribution in [0.1, 0.15) is 43.2 Å². The molecule has 0 aromatic heterocycles. The summed E-state index contributed by atoms with van der Waals surface area (Å²) in [6.45, 7) is 0. The van der Waals surface area contributed by atoms with E-state index in [4.69, 9.17) is 4.74 Å². The molecule has 1 aliphatic carbocycles. The number of ether oxygens (including phenoxy) is 1. The van der Waals surface area contributed by atoms with Gasteiger partial charge in [-0.15, -0.1) is 0 Å². The van der Waals surface area contributed by atoms with Crippen LogP contribution in [0.15, 0.2) is 42.5 Å². The van der Waals surface area contributed by atoms with Gasteiger partial charge in [-0.1, -0.05) is 31.0 Å². The van der Waals surface area contributed by atoms with Crippen molar-refractivity contribution in [3.63, 3.8) is 0 Å². The predicted octanol–water partition coefficient (Wildman–Crippen LogP) is 4.54. The molecule has 2 unspecified atom stereocenters. The third-order valence-corrected chi connectivity index (χ3v) is 5.16. The van der Waals surface area contributed by atoms with E-state index in [0.717, 1.165) is 37.7 Å². The number of aromatic hydroxyl groups is 1. The highest BCUT2D eigenvalue weighted by Gasteiger charge is 2.51. The first-order chi connectivity index (χ1) is 10.7. The number of phenols is 1. The number of fused-ring (bicyclic) bond motifs is 3. The van der Waals surface area contributed by atoms with Gasteiger partial charge in [0.25, 0.3) is 0 Å². The van der Waals surface area contributed by atoms with Gasteiger partial charge >= 0.3 is 0 Å². The molecule has 0 amide bonds. The highest BCUT2D eigenvalue weighted by Crippen LogP contribution is 2.54. The van der Waals surface area contributed by atoms with Crippen molar-refractivity contribution in [1.82, 2.24) is 0 Å². The van der Waals surface area contributed by atoms with Crippen LogP contribution in [-0.4, -0.2) is 11.2 Å². The molecule has 0 radical (unpaired) electrons. The van der Waals surface area contributed by atoms with Gasteiger partial charge in [-0.3, -0.25) is 0 Å². The Balaban J connectivity index is 1.96. The summed E-state index contributed by atoms with van der Waals surface area (Å²) < 4.78 is 20.8. The Bertz CT molecular complexity index is 695. The maximum atomic E-state index is 14.7. The van der Waals surface area contributed by atoms with Crippen molar-refractivity contribution >= 4 is 0 Å². The van der Waals surface area contributed by atoms with E-state index in [1.54, 1.807) is 18.2 Å². The van der Waals surface area contributed by atoms with Gasteiger partial charge in [0.05, 0.1) is 5.41 Å². The molecule has 4 rings (SSSR count). The van der Waals surface area contributed by atoms with E-state index < -0.39 is 5.41 Å². The average Bonchev–Trinajstić information content (AvgIpc) is 2.70. The van der Waals surface area contributed by atoms with Crippen LogP contribution in [0.25, 0.3) is 0 Å². The minimum atomic E-state index is -0.426. The van der Waals surface area contributed by atoms with E-state index in [1.165, 1.54) is 6.07 Å². The first-order valence-electron chi connectivity index (χ1n) is 7.97. The standard InChI is InChI=1S/C19H19FO2/c20-15-5-4-6-16-18(15)19(13-8-10-14(21)11-9-13)12-3-1-2-7-17(19)22-16/h4-6,8-11,17,21H,1-3,7,12H2. The molecule has 2 aromatic rings. The zero-order valence-corrected chi connectivity index (χ0v) is 12.4. The zero-order chi connectivity index (χ0) is 15.2. The van der Waals surface area contributed by atoms with Crippen molar-refractivity contribution in [3.05, 3.63) is 59.4 Å². The Labute approximate surface area is 129 Å². The molecule has 0 saturated heterocycles. The fraction of sp³-hybridized carbons (Fsp3) is 0.368. The van der Waals surface area contributed by atoms with Gasteiger partial charge < -0.3 is 9.84 Å². The Kier molecular flexibility index (Phi) is 3.10. The van der Waals surface area contributed by atoms with Crippen molar-refractivity contribution in [2.45, 2.75) is 43.6 Å². The molecule has 1 N–H and O–H groups in total. The van der Waals surface area contributed by atoms with E-state index in [-0.39, 0.29) is 17.7 Å². The lowest BCUT2D eigenvalue weighted by atomic mass is 9.68. The number of halogens is 1. The highest BCUT2D eigenvalue weighted by molar-refractivity contribution is 5.53. The number of hydrogen-bond acceptors (Lipinski definition) is 2. The van der Waals surface area contributed by atoms with Gasteiger partial charge in [-0.05, 0) is 49.1 Å². The number of rotatable bonds is 1. The van der Waals surface area contributed by atoms with Crippen molar-refractivity contribution < 1.29 is 14.2 Å². The Morgan fingerprint density at radius 3 is 2.68 bits per heavy atom. The minimum absolute atomic E-state index is 0.0218. The predicted molar refractivity (Wildman–Crippen MR) is 82.8 cm³/mol. The van der Waals surface area contributed by atoms with Crippen LogP contribution in [0.5, 0.6) is 11.5 Å². The van der Waals surface area contributed by atoms with E-state index in [2.05, 4.69) is 0 Å². The second kappa shape index (κ2) is 5.01. The molecule has 0 spiro atoms. The van der Waals surface area contributed by atoms with Crippen LogP contribution in [0.3, 0.4) is 0 Å². The SMILES string of the molecule is Oc1ccc(C23CCCCCC2Oc2cccc(F)c23)cc1. The summed E-state index contributed by atoms with van der Waals surface area (Å²) in [7, 11) is 0. The summed E-state index contributed by atoms with van der Waals surface area (Å²) in [5.74, 6) is 0.730. The third kappa shape index (κ3) is 1.84. The summed E-state index contributed by atoms with van der Waals surface area (Å²) in [5, 5.41) is 9.59. The second-order valence-corrected chi connectivity index (χ2v) is 6.34. The molecular weight excluding hydrogens is 279 g/mol. The lowest BCUT2D eigenvalue weighted by Crippen LogP contribution is -2.38. The highest BCUT2D eigenvalue weighted by atomic mass is 19.1. The fourth-order valence-corrected chi connectivity index (χ4v) is 4.19. The molecule has 2 nitrogen and oxygen atoms in total. The van der Waals surface area contributed by atoms with Crippen LogP contribution in [0.2, 0.25) is 0 Å². The van der Waals surface area contributed by atoms with Crippen LogP contribution >= 0.6 is 0 Å². The number of benzene rings is 2. The van der Waals surface area contributed by atoms with E-state index in [9.17, 15) is 9.50 Å². The maximum absolute atomic E-state index is 14.7. The molecule has 2 aliphatic rings. The Morgan fingerprint density at radius 1 is 1.05 bits per heavy atom. The van der Waals surface area contributed by atoms with Crippen LogP contribution in [-0.2, 0) is 5.41 Å². The second-order valence-electron chi connectivity index (χ2n) is 6.34. The fourth-order valence-electron chi connectivity index (χ4n) is 4.19. The van der Waals surface area contributed by atoms with Crippen LogP contribution in [0.4, 0.5) is 4.39 Å². The minimum Gasteiger partial charge on any atom is -0.508 e. The zero-order valence-electron chi connectivity index (χ0n) is 12.4. The molecule has 2 aromatic carbocycles. The van der Waals surface area contributed by atoms with Gasteiger partial charge in [0.1, 0.15) is 23.4 Å². The number of phenolic OH excluding ortho intramolecular Hbond substituents is 1. The van der Waals surface area contributed by atoms with Crippen molar-refractivity contribution in [1.29, 1.82) is 0 Å². The Hall–Kier alpha value is -2.03. The summed E-state index contributed by atoms with van der Waals surface area (Å²) in [4.78, 5) is 0. The molecular formula is C19H19FO2. The Morgan fingerprint density at radius 2 is 1.86 bits per heavy atom. The normalized spacial score (nSPS) is 26.7. The van der Waals surface area contributed by atoms with Crippen LogP contribution < -0.4 is 4.74 Å². The van der Waals surface area contributed by atoms with Crippen LogP contribution in [0, 0.1) is 5.82 Å². The van der Waals surface area contributed by atoms with Crippen molar-refractivity contribution in [2.75, 3.05) is 0 Å². The third-order valence-electron chi connectivity index (χ3n) is 5.16. The van der Waals surface area contributed by atoms with Crippen molar-refractivity contribution in [2.24, 2.45) is 0 Å². The molecule has 3 heteroatoms. The molecule has 1 fully saturated rings. The summed E-state index contributed by atoms with van der Waals surface area (Å²) in [6, 6.07) is 12.3. The lowest BCUT2D eigenvalue weighted by Gasteiger charge is -2.34. The van der Waals surface area contributed by atoms with Gasteiger partial charge in [-0.2, -0.15) is 0 Å². The molecule has 22 heavy (non-hydrogen) atoms. The monoisotopic (exact) mass is 298 g/mol. The average molecular weight is 298 g/mol. The lowest BCUT2D eigenvalue weighted by molar-refractivity contribution is 0.158. The molecule has 1 saturated carbocycles. The van der Waals surface area contributed by atoms with Gasteiger partial charge in [0, 0.05) is 5.56 Å². The smallest absolute Gasteiger partial charge is 0.131 e. The molecule has 1 aliphatic heterocycles. The molecule has 1 heterocycles. The molecule has 114 valence electrons.